The SMILES string of the molecule is CCCCCCC(CCCC)COC(=O)CCCCCCCCC(=O)CCCCCCCCC(=O)OCC(CCCC)CCCCCC.CCCCCCC(CCCC)COC(=O)CCCCCCCCC(CCCCO)CCCCCCCCC(=O)OCC(CCCC)CCCCCC.NCCCO. The number of ether oxygens (including phenoxy) is 4. The van der Waals surface area contributed by atoms with Crippen LogP contribution in [0.25, 0.3) is 0 Å². The van der Waals surface area contributed by atoms with Crippen molar-refractivity contribution in [2.75, 3.05) is 46.2 Å². The standard InChI is InChI=1S/C47H92O5.C43H82O5.C3H9NO/c1-5-9-13-23-36-44(31-11-7-3)41-51-46(49)38-27-21-17-15-19-25-33-43(35-29-30-40-48)34-26-20-16-18-22-28-39-47(50)52-42-45(32-12-8-4)37-24-14-10-6-2;1-5-9-13-23-31-39(29-11-7-3)37-47-42(45)35-27-21-17-15-19-25-33-41(44)34-26-20-16-18-22-28-36-43(46)48-38-40(30-12-8-4)32-24-14-10-6-2;4-2-1-3-5/h43-45,48H,5-42H2,1-4H3;39-40H,5-38H2,1-4H3;5H,1-4H2. The lowest BCUT2D eigenvalue weighted by molar-refractivity contribution is -0.146. The first-order chi connectivity index (χ1) is 51.4. The first-order valence-electron chi connectivity index (χ1n) is 46.4. The third kappa shape index (κ3) is 85.3. The van der Waals surface area contributed by atoms with Crippen molar-refractivity contribution in [3.63, 3.8) is 0 Å². The second-order valence-electron chi connectivity index (χ2n) is 32.2. The highest BCUT2D eigenvalue weighted by Gasteiger charge is 2.17. The molecule has 0 rings (SSSR count). The van der Waals surface area contributed by atoms with Crippen LogP contribution in [0.5, 0.6) is 0 Å². The third-order valence-electron chi connectivity index (χ3n) is 21.7. The molecule has 626 valence electrons. The van der Waals surface area contributed by atoms with Crippen molar-refractivity contribution in [3.05, 3.63) is 0 Å². The number of unbranched alkanes of at least 4 members (excludes halogenated alkanes) is 37. The number of hydrogen-bond acceptors (Lipinski definition) is 12. The summed E-state index contributed by atoms with van der Waals surface area (Å²) in [6.07, 6.45) is 77.2. The lowest BCUT2D eigenvalue weighted by Gasteiger charge is -2.17. The highest BCUT2D eigenvalue weighted by atomic mass is 16.5. The van der Waals surface area contributed by atoms with Crippen molar-refractivity contribution >= 4 is 29.7 Å². The normalized spacial score (nSPS) is 12.7. The fraction of sp³-hybridized carbons (Fsp3) is 0.946. The van der Waals surface area contributed by atoms with Crippen LogP contribution in [0.4, 0.5) is 0 Å². The zero-order valence-corrected chi connectivity index (χ0v) is 71.6. The molecule has 0 aromatic rings. The molecule has 4 N–H and O–H groups in total. The van der Waals surface area contributed by atoms with Crippen LogP contribution in [0, 0.1) is 29.6 Å². The zero-order chi connectivity index (χ0) is 77.6. The van der Waals surface area contributed by atoms with E-state index in [4.69, 9.17) is 29.8 Å². The van der Waals surface area contributed by atoms with Crippen LogP contribution < -0.4 is 5.73 Å². The molecule has 0 saturated carbocycles. The average molecular weight is 1490 g/mol. The maximum Gasteiger partial charge on any atom is 0.305 e. The number of carbonyl (C=O) groups excluding carboxylic acids is 5. The zero-order valence-electron chi connectivity index (χ0n) is 71.6. The number of aliphatic hydroxyl groups excluding tert-OH is 2. The Labute approximate surface area is 653 Å². The molecule has 0 aromatic heterocycles. The highest BCUT2D eigenvalue weighted by molar-refractivity contribution is 5.78. The Kier molecular flexibility index (Phi) is 91.7. The van der Waals surface area contributed by atoms with E-state index in [0.29, 0.717) is 108 Å². The summed E-state index contributed by atoms with van der Waals surface area (Å²) in [4.78, 5) is 61.5. The minimum Gasteiger partial charge on any atom is -0.465 e. The number of ketones is 1. The average Bonchev–Trinajstić information content (AvgIpc) is 1.46. The van der Waals surface area contributed by atoms with Crippen LogP contribution in [0.15, 0.2) is 0 Å². The van der Waals surface area contributed by atoms with Crippen LogP contribution >= 0.6 is 0 Å². The van der Waals surface area contributed by atoms with E-state index in [9.17, 15) is 29.1 Å². The number of esters is 4. The van der Waals surface area contributed by atoms with Crippen molar-refractivity contribution in [2.24, 2.45) is 35.3 Å². The molecule has 4 atom stereocenters. The molecule has 0 aromatic carbocycles. The molecular formula is C93H183NO11. The smallest absolute Gasteiger partial charge is 0.305 e. The van der Waals surface area contributed by atoms with Gasteiger partial charge in [-0.3, -0.25) is 24.0 Å². The van der Waals surface area contributed by atoms with Gasteiger partial charge in [-0.15, -0.1) is 0 Å². The Bertz CT molecular complexity index is 1650. The van der Waals surface area contributed by atoms with Gasteiger partial charge in [0, 0.05) is 51.7 Å². The number of aliphatic hydroxyl groups is 2. The molecule has 0 heterocycles. The second-order valence-corrected chi connectivity index (χ2v) is 32.2. The van der Waals surface area contributed by atoms with Gasteiger partial charge >= 0.3 is 23.9 Å². The Morgan fingerprint density at radius 1 is 0.219 bits per heavy atom. The molecule has 12 nitrogen and oxygen atoms in total. The Balaban J connectivity index is -0.00000186. The first-order valence-corrected chi connectivity index (χ1v) is 46.4. The van der Waals surface area contributed by atoms with E-state index in [1.54, 1.807) is 0 Å². The Morgan fingerprint density at radius 3 is 0.610 bits per heavy atom. The van der Waals surface area contributed by atoms with E-state index in [1.165, 1.54) is 276 Å². The van der Waals surface area contributed by atoms with Gasteiger partial charge in [0.15, 0.2) is 0 Å². The molecule has 0 saturated heterocycles. The Hall–Kier alpha value is -2.57. The number of Topliss-reactive ketones (excluding diaryl/α,β-unsaturated/α-hetero) is 1. The molecular weight excluding hydrogens is 1310 g/mol. The van der Waals surface area contributed by atoms with E-state index in [-0.39, 0.29) is 30.5 Å². The van der Waals surface area contributed by atoms with Crippen molar-refractivity contribution in [1.29, 1.82) is 0 Å². The molecule has 0 fully saturated rings. The molecule has 0 amide bonds. The van der Waals surface area contributed by atoms with E-state index in [1.807, 2.05) is 0 Å². The number of rotatable bonds is 82. The molecule has 0 aliphatic rings. The first kappa shape index (κ1) is 107. The van der Waals surface area contributed by atoms with E-state index in [0.717, 1.165) is 128 Å². The van der Waals surface area contributed by atoms with Crippen molar-refractivity contribution in [2.45, 2.75) is 492 Å². The number of carbonyl (C=O) groups is 5. The summed E-state index contributed by atoms with van der Waals surface area (Å²) in [6.45, 7) is 21.5. The minimum atomic E-state index is -0.0229. The summed E-state index contributed by atoms with van der Waals surface area (Å²) >= 11 is 0. The molecule has 0 radical (unpaired) electrons. The van der Waals surface area contributed by atoms with E-state index < -0.39 is 0 Å². The summed E-state index contributed by atoms with van der Waals surface area (Å²) in [5.41, 5.74) is 4.98. The van der Waals surface area contributed by atoms with Crippen LogP contribution in [0.3, 0.4) is 0 Å². The maximum atomic E-state index is 12.4. The van der Waals surface area contributed by atoms with E-state index >= 15 is 0 Å². The Morgan fingerprint density at radius 2 is 0.400 bits per heavy atom. The predicted molar refractivity (Wildman–Crippen MR) is 449 cm³/mol. The van der Waals surface area contributed by atoms with Crippen LogP contribution in [0.1, 0.15) is 492 Å². The summed E-state index contributed by atoms with van der Waals surface area (Å²) < 4.78 is 22.7. The predicted octanol–water partition coefficient (Wildman–Crippen LogP) is 27.4. The van der Waals surface area contributed by atoms with Crippen molar-refractivity contribution < 1.29 is 53.1 Å². The van der Waals surface area contributed by atoms with Gasteiger partial charge in [-0.25, -0.2) is 0 Å². The van der Waals surface area contributed by atoms with Crippen LogP contribution in [-0.4, -0.2) is 86.1 Å². The fourth-order valence-corrected chi connectivity index (χ4v) is 14.4. The maximum absolute atomic E-state index is 12.4. The molecule has 0 bridgehead atoms. The van der Waals surface area contributed by atoms with Gasteiger partial charge in [0.1, 0.15) is 5.78 Å². The van der Waals surface area contributed by atoms with Crippen LogP contribution in [0.2, 0.25) is 0 Å². The molecule has 0 aliphatic heterocycles. The minimum absolute atomic E-state index is 0.00958. The third-order valence-corrected chi connectivity index (χ3v) is 21.7. The number of hydrogen-bond donors (Lipinski definition) is 3. The quantitative estimate of drug-likeness (QED) is 0.0297. The molecule has 105 heavy (non-hydrogen) atoms. The lowest BCUT2D eigenvalue weighted by atomic mass is 9.90. The molecule has 12 heteroatoms. The van der Waals surface area contributed by atoms with Crippen LogP contribution in [-0.2, 0) is 42.9 Å². The van der Waals surface area contributed by atoms with Gasteiger partial charge in [-0.1, -0.05) is 351 Å². The molecule has 4 unspecified atom stereocenters. The van der Waals surface area contributed by atoms with Gasteiger partial charge in [-0.2, -0.15) is 0 Å². The van der Waals surface area contributed by atoms with Gasteiger partial charge in [0.2, 0.25) is 0 Å². The number of nitrogens with two attached hydrogens (primary N) is 1. The lowest BCUT2D eigenvalue weighted by Crippen LogP contribution is -2.14. The summed E-state index contributed by atoms with van der Waals surface area (Å²) in [5.74, 6) is 3.33. The fourth-order valence-electron chi connectivity index (χ4n) is 14.4. The molecule has 0 spiro atoms. The van der Waals surface area contributed by atoms with Crippen molar-refractivity contribution in [3.8, 4) is 0 Å². The van der Waals surface area contributed by atoms with Gasteiger partial charge < -0.3 is 34.9 Å². The van der Waals surface area contributed by atoms with Gasteiger partial charge in [-0.05, 0) is 139 Å². The summed E-state index contributed by atoms with van der Waals surface area (Å²) in [5, 5.41) is 17.3. The summed E-state index contributed by atoms with van der Waals surface area (Å²) in [6, 6.07) is 0. The summed E-state index contributed by atoms with van der Waals surface area (Å²) in [7, 11) is 0. The van der Waals surface area contributed by atoms with Gasteiger partial charge in [0.25, 0.3) is 0 Å². The van der Waals surface area contributed by atoms with E-state index in [2.05, 4.69) is 55.4 Å². The van der Waals surface area contributed by atoms with Gasteiger partial charge in [0.05, 0.1) is 26.4 Å². The monoisotopic (exact) mass is 1490 g/mol. The highest BCUT2D eigenvalue weighted by Crippen LogP contribution is 2.27. The molecule has 0 aliphatic carbocycles. The largest absolute Gasteiger partial charge is 0.465 e. The second kappa shape index (κ2) is 90.3. The topological polar surface area (TPSA) is 189 Å². The van der Waals surface area contributed by atoms with Crippen molar-refractivity contribution in [1.82, 2.24) is 0 Å².